The van der Waals surface area contributed by atoms with Gasteiger partial charge in [-0.3, -0.25) is 0 Å². The highest BCUT2D eigenvalue weighted by atomic mass is 15.0. The second kappa shape index (κ2) is 4.33. The molecule has 1 aromatic heterocycles. The Hall–Kier alpha value is -0.960. The number of nitrogens with one attached hydrogen (secondary N) is 1. The maximum absolute atomic E-state index is 4.42. The summed E-state index contributed by atoms with van der Waals surface area (Å²) in [6.07, 6.45) is 1.01. The van der Waals surface area contributed by atoms with Gasteiger partial charge in [-0.05, 0) is 32.9 Å². The molecule has 0 amide bonds. The lowest BCUT2D eigenvalue weighted by Gasteiger charge is -2.08. The molecule has 72 valence electrons. The molecule has 0 aromatic carbocycles. The van der Waals surface area contributed by atoms with Crippen LogP contribution in [-0.4, -0.2) is 17.0 Å². The van der Waals surface area contributed by atoms with Gasteiger partial charge in [0.2, 0.25) is 0 Å². The molecule has 1 N–H and O–H groups in total. The lowest BCUT2D eigenvalue weighted by atomic mass is 10.1. The molecular weight excluding hydrogens is 162 g/mol. The SMILES string of the molecule is CCc1c(C)nc(CNC)nc1C. The number of aromatic nitrogens is 2. The van der Waals surface area contributed by atoms with Crippen LogP contribution in [0.3, 0.4) is 0 Å². The maximum atomic E-state index is 4.42. The number of hydrogen-bond acceptors (Lipinski definition) is 3. The molecule has 0 radical (unpaired) electrons. The van der Waals surface area contributed by atoms with Gasteiger partial charge in [-0.1, -0.05) is 6.92 Å². The van der Waals surface area contributed by atoms with E-state index in [-0.39, 0.29) is 0 Å². The van der Waals surface area contributed by atoms with Crippen molar-refractivity contribution in [2.45, 2.75) is 33.7 Å². The fourth-order valence-electron chi connectivity index (χ4n) is 1.56. The zero-order chi connectivity index (χ0) is 9.84. The molecule has 0 saturated heterocycles. The summed E-state index contributed by atoms with van der Waals surface area (Å²) in [5.74, 6) is 0.884. The summed E-state index contributed by atoms with van der Waals surface area (Å²) in [7, 11) is 1.90. The van der Waals surface area contributed by atoms with Gasteiger partial charge in [0, 0.05) is 11.4 Å². The van der Waals surface area contributed by atoms with E-state index in [9.17, 15) is 0 Å². The van der Waals surface area contributed by atoms with Gasteiger partial charge in [-0.15, -0.1) is 0 Å². The monoisotopic (exact) mass is 179 g/mol. The summed E-state index contributed by atoms with van der Waals surface area (Å²) in [4.78, 5) is 8.84. The average molecular weight is 179 g/mol. The van der Waals surface area contributed by atoms with Crippen LogP contribution in [0.1, 0.15) is 29.7 Å². The van der Waals surface area contributed by atoms with E-state index in [1.165, 1.54) is 5.56 Å². The van der Waals surface area contributed by atoms with Crippen LogP contribution < -0.4 is 5.32 Å². The fraction of sp³-hybridized carbons (Fsp3) is 0.600. The predicted molar refractivity (Wildman–Crippen MR) is 53.6 cm³/mol. The summed E-state index contributed by atoms with van der Waals surface area (Å²) in [5, 5.41) is 3.05. The van der Waals surface area contributed by atoms with Gasteiger partial charge in [0.05, 0.1) is 6.54 Å². The second-order valence-electron chi connectivity index (χ2n) is 3.17. The molecule has 3 nitrogen and oxygen atoms in total. The first-order valence-corrected chi connectivity index (χ1v) is 4.66. The van der Waals surface area contributed by atoms with Crippen molar-refractivity contribution < 1.29 is 0 Å². The van der Waals surface area contributed by atoms with Crippen molar-refractivity contribution in [3.63, 3.8) is 0 Å². The van der Waals surface area contributed by atoms with Crippen LogP contribution in [0.4, 0.5) is 0 Å². The van der Waals surface area contributed by atoms with Crippen LogP contribution >= 0.6 is 0 Å². The molecule has 0 aliphatic heterocycles. The van der Waals surface area contributed by atoms with Crippen molar-refractivity contribution in [3.8, 4) is 0 Å². The van der Waals surface area contributed by atoms with Gasteiger partial charge in [0.15, 0.2) is 0 Å². The van der Waals surface area contributed by atoms with Gasteiger partial charge >= 0.3 is 0 Å². The standard InChI is InChI=1S/C10H17N3/c1-5-9-7(2)12-10(6-11-4)13-8(9)3/h11H,5-6H2,1-4H3. The van der Waals surface area contributed by atoms with E-state index in [1.54, 1.807) is 0 Å². The molecular formula is C10H17N3. The number of rotatable bonds is 3. The molecule has 13 heavy (non-hydrogen) atoms. The number of aryl methyl sites for hydroxylation is 2. The Morgan fingerprint density at radius 1 is 1.15 bits per heavy atom. The van der Waals surface area contributed by atoms with Crippen LogP contribution in [0.2, 0.25) is 0 Å². The molecule has 0 fully saturated rings. The van der Waals surface area contributed by atoms with Crippen molar-refractivity contribution in [1.82, 2.24) is 15.3 Å². The van der Waals surface area contributed by atoms with Crippen LogP contribution in [0.15, 0.2) is 0 Å². The second-order valence-corrected chi connectivity index (χ2v) is 3.17. The zero-order valence-electron chi connectivity index (χ0n) is 8.81. The molecule has 0 aliphatic rings. The normalized spacial score (nSPS) is 10.5. The van der Waals surface area contributed by atoms with Gasteiger partial charge < -0.3 is 5.32 Å². The zero-order valence-corrected chi connectivity index (χ0v) is 8.81. The van der Waals surface area contributed by atoms with E-state index >= 15 is 0 Å². The van der Waals surface area contributed by atoms with Crippen molar-refractivity contribution in [2.75, 3.05) is 7.05 Å². The molecule has 0 aliphatic carbocycles. The summed E-state index contributed by atoms with van der Waals surface area (Å²) in [6.45, 7) is 6.97. The summed E-state index contributed by atoms with van der Waals surface area (Å²) in [6, 6.07) is 0. The summed E-state index contributed by atoms with van der Waals surface area (Å²) >= 11 is 0. The molecule has 1 rings (SSSR count). The Labute approximate surface area is 79.6 Å². The molecule has 0 unspecified atom stereocenters. The smallest absolute Gasteiger partial charge is 0.142 e. The first-order chi connectivity index (χ1) is 6.19. The van der Waals surface area contributed by atoms with E-state index < -0.39 is 0 Å². The molecule has 0 saturated carbocycles. The number of hydrogen-bond donors (Lipinski definition) is 1. The third-order valence-electron chi connectivity index (χ3n) is 2.16. The van der Waals surface area contributed by atoms with E-state index in [0.717, 1.165) is 30.2 Å². The third kappa shape index (κ3) is 2.25. The van der Waals surface area contributed by atoms with Crippen molar-refractivity contribution in [3.05, 3.63) is 22.8 Å². The van der Waals surface area contributed by atoms with E-state index in [0.29, 0.717) is 0 Å². The Bertz CT molecular complexity index is 271. The lowest BCUT2D eigenvalue weighted by Crippen LogP contribution is -2.12. The van der Waals surface area contributed by atoms with Crippen LogP contribution in [0.5, 0.6) is 0 Å². The van der Waals surface area contributed by atoms with Crippen molar-refractivity contribution >= 4 is 0 Å². The van der Waals surface area contributed by atoms with E-state index in [4.69, 9.17) is 0 Å². The van der Waals surface area contributed by atoms with E-state index in [1.807, 2.05) is 20.9 Å². The minimum Gasteiger partial charge on any atom is -0.313 e. The van der Waals surface area contributed by atoms with Crippen molar-refractivity contribution in [1.29, 1.82) is 0 Å². The number of nitrogens with zero attached hydrogens (tertiary/aromatic N) is 2. The largest absolute Gasteiger partial charge is 0.313 e. The van der Waals surface area contributed by atoms with Crippen LogP contribution in [0.25, 0.3) is 0 Å². The van der Waals surface area contributed by atoms with Crippen LogP contribution in [0, 0.1) is 13.8 Å². The molecule has 0 bridgehead atoms. The fourth-order valence-corrected chi connectivity index (χ4v) is 1.56. The highest BCUT2D eigenvalue weighted by Gasteiger charge is 2.05. The minimum absolute atomic E-state index is 0.742. The minimum atomic E-state index is 0.742. The van der Waals surface area contributed by atoms with Gasteiger partial charge in [0.25, 0.3) is 0 Å². The average Bonchev–Trinajstić information content (AvgIpc) is 2.04. The molecule has 3 heteroatoms. The summed E-state index contributed by atoms with van der Waals surface area (Å²) in [5.41, 5.74) is 3.50. The predicted octanol–water partition coefficient (Wildman–Crippen LogP) is 1.38. The Kier molecular flexibility index (Phi) is 3.37. The van der Waals surface area contributed by atoms with Crippen LogP contribution in [-0.2, 0) is 13.0 Å². The van der Waals surface area contributed by atoms with Gasteiger partial charge in [-0.25, -0.2) is 9.97 Å². The first-order valence-electron chi connectivity index (χ1n) is 4.66. The van der Waals surface area contributed by atoms with Gasteiger partial charge in [-0.2, -0.15) is 0 Å². The Morgan fingerprint density at radius 2 is 1.69 bits per heavy atom. The highest BCUT2D eigenvalue weighted by molar-refractivity contribution is 5.23. The Morgan fingerprint density at radius 3 is 2.08 bits per heavy atom. The summed E-state index contributed by atoms with van der Waals surface area (Å²) < 4.78 is 0. The van der Waals surface area contributed by atoms with E-state index in [2.05, 4.69) is 22.2 Å². The maximum Gasteiger partial charge on any atom is 0.142 e. The third-order valence-corrected chi connectivity index (χ3v) is 2.16. The molecule has 1 heterocycles. The molecule has 1 aromatic rings. The topological polar surface area (TPSA) is 37.8 Å². The highest BCUT2D eigenvalue weighted by Crippen LogP contribution is 2.10. The quantitative estimate of drug-likeness (QED) is 0.761. The Balaban J connectivity index is 3.05. The molecule has 0 spiro atoms. The van der Waals surface area contributed by atoms with Gasteiger partial charge in [0.1, 0.15) is 5.82 Å². The lowest BCUT2D eigenvalue weighted by molar-refractivity contribution is 0.739. The van der Waals surface area contributed by atoms with Crippen molar-refractivity contribution in [2.24, 2.45) is 0 Å². The first kappa shape index (κ1) is 10.1. The molecule has 0 atom stereocenters.